The molecule has 128 valence electrons. The second-order valence-electron chi connectivity index (χ2n) is 7.05. The van der Waals surface area contributed by atoms with Crippen LogP contribution in [0.5, 0.6) is 0 Å². The lowest BCUT2D eigenvalue weighted by molar-refractivity contribution is 0.0520. The number of likely N-dealkylation sites (tertiary alicyclic amines) is 1. The number of benzene rings is 1. The highest BCUT2D eigenvalue weighted by Crippen LogP contribution is 2.16. The normalized spacial score (nSPS) is 16.8. The smallest absolute Gasteiger partial charge is 0.407 e. The zero-order valence-corrected chi connectivity index (χ0v) is 14.5. The van der Waals surface area contributed by atoms with Crippen LogP contribution in [-0.2, 0) is 4.74 Å². The first kappa shape index (κ1) is 17.6. The minimum atomic E-state index is -0.439. The second-order valence-corrected chi connectivity index (χ2v) is 7.05. The Morgan fingerprint density at radius 2 is 1.87 bits per heavy atom. The maximum Gasteiger partial charge on any atom is 0.407 e. The van der Waals surface area contributed by atoms with E-state index in [0.29, 0.717) is 12.6 Å². The third-order valence-electron chi connectivity index (χ3n) is 3.83. The molecule has 0 spiro atoms. The molecular formula is C18H29N3O2. The van der Waals surface area contributed by atoms with Gasteiger partial charge in [-0.1, -0.05) is 18.2 Å². The van der Waals surface area contributed by atoms with E-state index in [1.54, 1.807) is 0 Å². The Kier molecular flexibility index (Phi) is 6.28. The van der Waals surface area contributed by atoms with E-state index in [1.165, 1.54) is 5.69 Å². The number of anilines is 1. The molecule has 1 aromatic carbocycles. The number of amides is 1. The summed E-state index contributed by atoms with van der Waals surface area (Å²) in [5.74, 6) is 0. The third kappa shape index (κ3) is 6.91. The standard InChI is InChI=1S/C18H29N3O2/c1-18(2,3)23-17(22)19-11-14-21-12-9-16(10-13-21)20-15-7-5-4-6-8-15/h4-8,16,20H,9-14H2,1-3H3,(H,19,22). The summed E-state index contributed by atoms with van der Waals surface area (Å²) >= 11 is 0. The van der Waals surface area contributed by atoms with Crippen LogP contribution in [-0.4, -0.2) is 48.8 Å². The fourth-order valence-corrected chi connectivity index (χ4v) is 2.70. The molecule has 0 aliphatic carbocycles. The average molecular weight is 319 g/mol. The van der Waals surface area contributed by atoms with E-state index in [9.17, 15) is 4.79 Å². The number of ether oxygens (including phenoxy) is 1. The predicted molar refractivity (Wildman–Crippen MR) is 93.8 cm³/mol. The Morgan fingerprint density at radius 3 is 2.48 bits per heavy atom. The molecule has 1 aliphatic rings. The van der Waals surface area contributed by atoms with Gasteiger partial charge in [0.05, 0.1) is 0 Å². The van der Waals surface area contributed by atoms with Crippen LogP contribution in [0.4, 0.5) is 10.5 Å². The quantitative estimate of drug-likeness (QED) is 0.876. The van der Waals surface area contributed by atoms with Crippen molar-refractivity contribution in [2.75, 3.05) is 31.5 Å². The van der Waals surface area contributed by atoms with Crippen molar-refractivity contribution >= 4 is 11.8 Å². The molecule has 2 N–H and O–H groups in total. The molecule has 1 amide bonds. The number of hydrogen-bond acceptors (Lipinski definition) is 4. The molecule has 5 nitrogen and oxygen atoms in total. The van der Waals surface area contributed by atoms with Crippen LogP contribution in [0.15, 0.2) is 30.3 Å². The van der Waals surface area contributed by atoms with Gasteiger partial charge in [-0.05, 0) is 45.7 Å². The predicted octanol–water partition coefficient (Wildman–Crippen LogP) is 3.09. The van der Waals surface area contributed by atoms with Gasteiger partial charge in [0, 0.05) is 37.9 Å². The zero-order valence-electron chi connectivity index (χ0n) is 14.5. The van der Waals surface area contributed by atoms with Crippen LogP contribution in [0.1, 0.15) is 33.6 Å². The minimum absolute atomic E-state index is 0.335. The Morgan fingerprint density at radius 1 is 1.22 bits per heavy atom. The van der Waals surface area contributed by atoms with Crippen LogP contribution in [0.25, 0.3) is 0 Å². The fourth-order valence-electron chi connectivity index (χ4n) is 2.70. The second kappa shape index (κ2) is 8.20. The van der Waals surface area contributed by atoms with Crippen molar-refractivity contribution in [3.63, 3.8) is 0 Å². The molecule has 23 heavy (non-hydrogen) atoms. The van der Waals surface area contributed by atoms with Crippen molar-refractivity contribution in [1.29, 1.82) is 0 Å². The monoisotopic (exact) mass is 319 g/mol. The number of hydrogen-bond donors (Lipinski definition) is 2. The molecule has 0 saturated carbocycles. The van der Waals surface area contributed by atoms with E-state index in [4.69, 9.17) is 4.74 Å². The van der Waals surface area contributed by atoms with Gasteiger partial charge >= 0.3 is 6.09 Å². The summed E-state index contributed by atoms with van der Waals surface area (Å²) in [5, 5.41) is 6.40. The Balaban J connectivity index is 1.61. The van der Waals surface area contributed by atoms with Gasteiger partial charge < -0.3 is 20.3 Å². The van der Waals surface area contributed by atoms with Crippen LogP contribution in [0, 0.1) is 0 Å². The molecule has 0 unspecified atom stereocenters. The number of piperidine rings is 1. The number of carbonyl (C=O) groups excluding carboxylic acids is 1. The van der Waals surface area contributed by atoms with Crippen molar-refractivity contribution in [2.24, 2.45) is 0 Å². The SMILES string of the molecule is CC(C)(C)OC(=O)NCCN1CCC(Nc2ccccc2)CC1. The third-order valence-corrected chi connectivity index (χ3v) is 3.83. The first-order chi connectivity index (χ1) is 10.9. The molecule has 2 rings (SSSR count). The Bertz CT molecular complexity index is 477. The number of nitrogens with zero attached hydrogens (tertiary/aromatic N) is 1. The molecular weight excluding hydrogens is 290 g/mol. The van der Waals surface area contributed by atoms with E-state index in [1.807, 2.05) is 26.8 Å². The summed E-state index contributed by atoms with van der Waals surface area (Å²) in [5.41, 5.74) is 0.753. The zero-order chi connectivity index (χ0) is 16.7. The fraction of sp³-hybridized carbons (Fsp3) is 0.611. The summed E-state index contributed by atoms with van der Waals surface area (Å²) in [6.07, 6.45) is 1.92. The van der Waals surface area contributed by atoms with Crippen LogP contribution < -0.4 is 10.6 Å². The molecule has 0 atom stereocenters. The van der Waals surface area contributed by atoms with Crippen molar-refractivity contribution in [3.05, 3.63) is 30.3 Å². The summed E-state index contributed by atoms with van der Waals surface area (Å²) in [6, 6.07) is 10.9. The van der Waals surface area contributed by atoms with Crippen LogP contribution in [0.2, 0.25) is 0 Å². The largest absolute Gasteiger partial charge is 0.444 e. The topological polar surface area (TPSA) is 53.6 Å². The molecule has 0 bridgehead atoms. The number of nitrogens with one attached hydrogen (secondary N) is 2. The summed E-state index contributed by atoms with van der Waals surface area (Å²) in [6.45, 7) is 9.23. The van der Waals surface area contributed by atoms with E-state index >= 15 is 0 Å². The molecule has 0 radical (unpaired) electrons. The maximum atomic E-state index is 11.6. The Labute approximate surface area is 139 Å². The summed E-state index contributed by atoms with van der Waals surface area (Å²) in [7, 11) is 0. The van der Waals surface area contributed by atoms with Crippen LogP contribution >= 0.6 is 0 Å². The van der Waals surface area contributed by atoms with E-state index in [2.05, 4.69) is 39.8 Å². The molecule has 1 saturated heterocycles. The van der Waals surface area contributed by atoms with Crippen molar-refractivity contribution in [1.82, 2.24) is 10.2 Å². The molecule has 1 fully saturated rings. The molecule has 0 aromatic heterocycles. The molecule has 1 aliphatic heterocycles. The van der Waals surface area contributed by atoms with Crippen molar-refractivity contribution in [3.8, 4) is 0 Å². The highest BCUT2D eigenvalue weighted by Gasteiger charge is 2.19. The number of carbonyl (C=O) groups is 1. The number of rotatable bonds is 5. The summed E-state index contributed by atoms with van der Waals surface area (Å²) < 4.78 is 5.23. The highest BCUT2D eigenvalue weighted by atomic mass is 16.6. The first-order valence-electron chi connectivity index (χ1n) is 8.43. The first-order valence-corrected chi connectivity index (χ1v) is 8.43. The van der Waals surface area contributed by atoms with Gasteiger partial charge in [-0.15, -0.1) is 0 Å². The summed E-state index contributed by atoms with van der Waals surface area (Å²) in [4.78, 5) is 14.0. The minimum Gasteiger partial charge on any atom is -0.444 e. The van der Waals surface area contributed by atoms with E-state index < -0.39 is 5.60 Å². The molecule has 1 aromatic rings. The maximum absolute atomic E-state index is 11.6. The van der Waals surface area contributed by atoms with Gasteiger partial charge in [0.15, 0.2) is 0 Å². The van der Waals surface area contributed by atoms with Crippen LogP contribution in [0.3, 0.4) is 0 Å². The van der Waals surface area contributed by atoms with Crippen molar-refractivity contribution < 1.29 is 9.53 Å². The lowest BCUT2D eigenvalue weighted by Crippen LogP contribution is -2.43. The van der Waals surface area contributed by atoms with Crippen molar-refractivity contribution in [2.45, 2.75) is 45.3 Å². The average Bonchev–Trinajstić information content (AvgIpc) is 2.48. The van der Waals surface area contributed by atoms with Gasteiger partial charge in [-0.2, -0.15) is 0 Å². The highest BCUT2D eigenvalue weighted by molar-refractivity contribution is 5.67. The number of alkyl carbamates (subject to hydrolysis) is 1. The lowest BCUT2D eigenvalue weighted by Gasteiger charge is -2.32. The van der Waals surface area contributed by atoms with E-state index in [-0.39, 0.29) is 6.09 Å². The number of para-hydroxylation sites is 1. The molecule has 1 heterocycles. The van der Waals surface area contributed by atoms with Gasteiger partial charge in [0.25, 0.3) is 0 Å². The van der Waals surface area contributed by atoms with Gasteiger partial charge in [0.2, 0.25) is 0 Å². The molecule has 5 heteroatoms. The lowest BCUT2D eigenvalue weighted by atomic mass is 10.0. The van der Waals surface area contributed by atoms with Gasteiger partial charge in [-0.25, -0.2) is 4.79 Å². The van der Waals surface area contributed by atoms with Gasteiger partial charge in [0.1, 0.15) is 5.60 Å². The van der Waals surface area contributed by atoms with Gasteiger partial charge in [-0.3, -0.25) is 0 Å². The van der Waals surface area contributed by atoms with E-state index in [0.717, 1.165) is 32.5 Å². The Hall–Kier alpha value is -1.75.